The molecule has 1 aliphatic rings. The number of imidazole rings is 1. The van der Waals surface area contributed by atoms with Crippen LogP contribution in [0.3, 0.4) is 0 Å². The van der Waals surface area contributed by atoms with Crippen LogP contribution in [0.2, 0.25) is 0 Å². The maximum absolute atomic E-state index is 12.0. The van der Waals surface area contributed by atoms with Gasteiger partial charge in [0.2, 0.25) is 5.91 Å². The van der Waals surface area contributed by atoms with Crippen LogP contribution in [0.5, 0.6) is 0 Å². The van der Waals surface area contributed by atoms with Crippen molar-refractivity contribution < 1.29 is 9.53 Å². The smallest absolute Gasteiger partial charge is 0.227 e. The lowest BCUT2D eigenvalue weighted by atomic mass is 10.1. The van der Waals surface area contributed by atoms with Crippen LogP contribution >= 0.6 is 24.8 Å². The first-order chi connectivity index (χ1) is 11.7. The molecule has 2 aromatic rings. The SMILES string of the molecule is COC(CN)CC(=O)Nc1ccc(-c2cn3c(n2)CCCC3)cc1.Cl.Cl. The molecule has 26 heavy (non-hydrogen) atoms. The summed E-state index contributed by atoms with van der Waals surface area (Å²) in [6.45, 7) is 1.38. The molecule has 0 spiro atoms. The number of rotatable bonds is 6. The fraction of sp³-hybridized carbons (Fsp3) is 0.444. The van der Waals surface area contributed by atoms with Crippen LogP contribution in [0, 0.1) is 0 Å². The molecule has 1 aromatic heterocycles. The van der Waals surface area contributed by atoms with Gasteiger partial charge in [0.1, 0.15) is 5.82 Å². The van der Waals surface area contributed by atoms with E-state index in [0.29, 0.717) is 6.54 Å². The Labute approximate surface area is 166 Å². The molecule has 8 heteroatoms. The van der Waals surface area contributed by atoms with Crippen molar-refractivity contribution >= 4 is 36.4 Å². The lowest BCUT2D eigenvalue weighted by Crippen LogP contribution is -2.28. The van der Waals surface area contributed by atoms with Crippen molar-refractivity contribution in [3.05, 3.63) is 36.3 Å². The van der Waals surface area contributed by atoms with Crippen LogP contribution < -0.4 is 11.1 Å². The van der Waals surface area contributed by atoms with Gasteiger partial charge >= 0.3 is 0 Å². The van der Waals surface area contributed by atoms with Gasteiger partial charge in [0.15, 0.2) is 0 Å². The molecule has 0 saturated heterocycles. The van der Waals surface area contributed by atoms with Gasteiger partial charge in [0.25, 0.3) is 0 Å². The fourth-order valence-electron chi connectivity index (χ4n) is 2.96. The number of aryl methyl sites for hydroxylation is 2. The van der Waals surface area contributed by atoms with E-state index >= 15 is 0 Å². The number of hydrogen-bond donors (Lipinski definition) is 2. The van der Waals surface area contributed by atoms with Gasteiger partial charge in [-0.1, -0.05) is 12.1 Å². The van der Waals surface area contributed by atoms with Gasteiger partial charge in [-0.15, -0.1) is 24.8 Å². The molecule has 6 nitrogen and oxygen atoms in total. The highest BCUT2D eigenvalue weighted by Gasteiger charge is 2.14. The Morgan fingerprint density at radius 2 is 2.04 bits per heavy atom. The molecule has 0 radical (unpaired) electrons. The van der Waals surface area contributed by atoms with E-state index in [0.717, 1.165) is 29.9 Å². The standard InChI is InChI=1S/C18H24N4O2.2ClH/c1-24-15(11-19)10-18(23)20-14-7-5-13(6-8-14)16-12-22-9-3-2-4-17(22)21-16;;/h5-8,12,15H,2-4,9-11,19H2,1H3,(H,20,23);2*1H. The van der Waals surface area contributed by atoms with Crippen LogP contribution in [0.1, 0.15) is 25.1 Å². The van der Waals surface area contributed by atoms with Gasteiger partial charge in [0.05, 0.1) is 18.2 Å². The molecule has 1 unspecified atom stereocenters. The van der Waals surface area contributed by atoms with Gasteiger partial charge < -0.3 is 20.4 Å². The summed E-state index contributed by atoms with van der Waals surface area (Å²) in [5.74, 6) is 1.07. The summed E-state index contributed by atoms with van der Waals surface area (Å²) >= 11 is 0. The van der Waals surface area contributed by atoms with Gasteiger partial charge in [0, 0.05) is 44.1 Å². The highest BCUT2D eigenvalue weighted by molar-refractivity contribution is 5.91. The predicted octanol–water partition coefficient (Wildman–Crippen LogP) is 3.03. The predicted molar refractivity (Wildman–Crippen MR) is 108 cm³/mol. The number of carbonyl (C=O) groups is 1. The number of halogens is 2. The third-order valence-corrected chi connectivity index (χ3v) is 4.38. The first-order valence-corrected chi connectivity index (χ1v) is 8.39. The molecule has 1 atom stereocenters. The molecule has 0 saturated carbocycles. The maximum atomic E-state index is 12.0. The van der Waals surface area contributed by atoms with E-state index in [9.17, 15) is 4.79 Å². The molecule has 1 aliphatic heterocycles. The highest BCUT2D eigenvalue weighted by Crippen LogP contribution is 2.24. The van der Waals surface area contributed by atoms with Crippen LogP contribution in [-0.4, -0.2) is 35.2 Å². The van der Waals surface area contributed by atoms with Crippen LogP contribution in [0.15, 0.2) is 30.5 Å². The summed E-state index contributed by atoms with van der Waals surface area (Å²) < 4.78 is 7.37. The van der Waals surface area contributed by atoms with Crippen molar-refractivity contribution in [2.45, 2.75) is 38.3 Å². The summed E-state index contributed by atoms with van der Waals surface area (Å²) in [5, 5.41) is 2.87. The quantitative estimate of drug-likeness (QED) is 0.780. The zero-order chi connectivity index (χ0) is 16.9. The molecule has 1 amide bonds. The van der Waals surface area contributed by atoms with E-state index in [-0.39, 0.29) is 43.2 Å². The number of amides is 1. The van der Waals surface area contributed by atoms with E-state index in [2.05, 4.69) is 16.1 Å². The third-order valence-electron chi connectivity index (χ3n) is 4.38. The number of methoxy groups -OCH3 is 1. The topological polar surface area (TPSA) is 82.2 Å². The minimum atomic E-state index is -0.249. The molecule has 144 valence electrons. The Kier molecular flexibility index (Phi) is 9.08. The number of hydrogen-bond acceptors (Lipinski definition) is 4. The Balaban J connectivity index is 0.00000169. The summed E-state index contributed by atoms with van der Waals surface area (Å²) in [6.07, 6.45) is 5.61. The van der Waals surface area contributed by atoms with Crippen molar-refractivity contribution in [2.24, 2.45) is 5.73 Å². The number of ether oxygens (including phenoxy) is 1. The lowest BCUT2D eigenvalue weighted by Gasteiger charge is -2.12. The van der Waals surface area contributed by atoms with E-state index in [1.54, 1.807) is 7.11 Å². The zero-order valence-corrected chi connectivity index (χ0v) is 16.4. The van der Waals surface area contributed by atoms with Crippen molar-refractivity contribution in [3.8, 4) is 11.3 Å². The Hall–Kier alpha value is -1.60. The number of anilines is 1. The minimum Gasteiger partial charge on any atom is -0.380 e. The molecule has 0 bridgehead atoms. The Morgan fingerprint density at radius 1 is 1.31 bits per heavy atom. The fourth-order valence-corrected chi connectivity index (χ4v) is 2.96. The lowest BCUT2D eigenvalue weighted by molar-refractivity contribution is -0.118. The van der Waals surface area contributed by atoms with E-state index in [1.807, 2.05) is 24.3 Å². The molecular weight excluding hydrogens is 375 g/mol. The number of fused-ring (bicyclic) bond motifs is 1. The number of benzene rings is 1. The molecule has 3 rings (SSSR count). The normalized spacial score (nSPS) is 13.8. The van der Waals surface area contributed by atoms with Crippen molar-refractivity contribution in [2.75, 3.05) is 19.0 Å². The number of nitrogens with zero attached hydrogens (tertiary/aromatic N) is 2. The highest BCUT2D eigenvalue weighted by atomic mass is 35.5. The third kappa shape index (κ3) is 5.45. The van der Waals surface area contributed by atoms with Crippen LogP contribution in [0.25, 0.3) is 11.3 Å². The van der Waals surface area contributed by atoms with Crippen molar-refractivity contribution in [1.82, 2.24) is 9.55 Å². The summed E-state index contributed by atoms with van der Waals surface area (Å²) in [6, 6.07) is 7.77. The minimum absolute atomic E-state index is 0. The van der Waals surface area contributed by atoms with Gasteiger partial charge in [-0.25, -0.2) is 4.98 Å². The maximum Gasteiger partial charge on any atom is 0.227 e. The molecule has 1 aromatic carbocycles. The molecule has 0 aliphatic carbocycles. The van der Waals surface area contributed by atoms with E-state index in [4.69, 9.17) is 15.5 Å². The largest absolute Gasteiger partial charge is 0.380 e. The Bertz CT molecular complexity index is 676. The van der Waals surface area contributed by atoms with Crippen molar-refractivity contribution in [1.29, 1.82) is 0 Å². The number of nitrogens with one attached hydrogen (secondary N) is 1. The van der Waals surface area contributed by atoms with Gasteiger partial charge in [-0.2, -0.15) is 0 Å². The monoisotopic (exact) mass is 400 g/mol. The first kappa shape index (κ1) is 22.4. The zero-order valence-electron chi connectivity index (χ0n) is 14.8. The van der Waals surface area contributed by atoms with Gasteiger partial charge in [-0.05, 0) is 25.0 Å². The summed E-state index contributed by atoms with van der Waals surface area (Å²) in [4.78, 5) is 16.7. The number of carbonyl (C=O) groups excluding carboxylic acids is 1. The average molecular weight is 401 g/mol. The Morgan fingerprint density at radius 3 is 2.65 bits per heavy atom. The molecular formula is C18H26Cl2N4O2. The molecule has 0 fully saturated rings. The van der Waals surface area contributed by atoms with Crippen molar-refractivity contribution in [3.63, 3.8) is 0 Å². The summed E-state index contributed by atoms with van der Waals surface area (Å²) in [7, 11) is 1.56. The van der Waals surface area contributed by atoms with E-state index in [1.165, 1.54) is 18.7 Å². The number of aromatic nitrogens is 2. The van der Waals surface area contributed by atoms with Crippen LogP contribution in [-0.2, 0) is 22.5 Å². The molecule has 2 heterocycles. The second kappa shape index (κ2) is 10.5. The van der Waals surface area contributed by atoms with Crippen LogP contribution in [0.4, 0.5) is 5.69 Å². The first-order valence-electron chi connectivity index (χ1n) is 8.39. The second-order valence-electron chi connectivity index (χ2n) is 6.12. The average Bonchev–Trinajstić information content (AvgIpc) is 3.04. The molecule has 3 N–H and O–H groups in total. The van der Waals surface area contributed by atoms with Gasteiger partial charge in [-0.3, -0.25) is 4.79 Å². The summed E-state index contributed by atoms with van der Waals surface area (Å²) in [5.41, 5.74) is 8.35. The number of nitrogens with two attached hydrogens (primary N) is 1. The second-order valence-corrected chi connectivity index (χ2v) is 6.12. The van der Waals surface area contributed by atoms with E-state index < -0.39 is 0 Å².